The van der Waals surface area contributed by atoms with E-state index in [1.807, 2.05) is 0 Å². The van der Waals surface area contributed by atoms with Gasteiger partial charge in [-0.15, -0.1) is 0 Å². The smallest absolute Gasteiger partial charge is 0.210 e. The minimum atomic E-state index is 0. The third-order valence-electron chi connectivity index (χ3n) is 3.65. The van der Waals surface area contributed by atoms with Crippen LogP contribution in [0.1, 0.15) is 20.8 Å². The largest absolute Gasteiger partial charge is 0.394 e. The number of hydrogen-bond donors (Lipinski definition) is 1. The van der Waals surface area contributed by atoms with E-state index in [1.165, 1.54) is 0 Å². The van der Waals surface area contributed by atoms with Crippen LogP contribution in [-0.4, -0.2) is 32.0 Å². The van der Waals surface area contributed by atoms with Crippen molar-refractivity contribution in [2.24, 2.45) is 17.8 Å². The molecule has 1 radical (unpaired) electrons. The number of rotatable bonds is 5. The second-order valence-electron chi connectivity index (χ2n) is 4.35. The molecule has 1 rings (SSSR count). The Hall–Kier alpha value is 1.62. The molecular weight excluding hydrogens is 377 g/mol. The summed E-state index contributed by atoms with van der Waals surface area (Å²) >= 11 is 2.22. The molecule has 6 heteroatoms. The fourth-order valence-corrected chi connectivity index (χ4v) is 2.89. The summed E-state index contributed by atoms with van der Waals surface area (Å²) in [6.07, 6.45) is 0.156. The van der Waals surface area contributed by atoms with Crippen molar-refractivity contribution in [1.82, 2.24) is 0 Å². The second-order valence-corrected chi connectivity index (χ2v) is 6.11. The van der Waals surface area contributed by atoms with Gasteiger partial charge in [0, 0.05) is 18.6 Å². The molecule has 1 fully saturated rings. The Morgan fingerprint density at radius 2 is 1.94 bits per heavy atom. The second kappa shape index (κ2) is 8.68. The van der Waals surface area contributed by atoms with Crippen LogP contribution in [-0.2, 0) is 27.8 Å². The summed E-state index contributed by atoms with van der Waals surface area (Å²) in [6, 6.07) is 0. The molecule has 1 aliphatic heterocycles. The van der Waals surface area contributed by atoms with Gasteiger partial charge in [0.05, 0.1) is 31.9 Å². The molecule has 0 aromatic rings. The maximum absolute atomic E-state index is 6.84. The average molecular weight is 398 g/mol. The molecule has 0 aromatic heterocycles. The number of hydrogen-bond acceptors (Lipinski definition) is 3. The van der Waals surface area contributed by atoms with Gasteiger partial charge >= 0.3 is 0 Å². The predicted molar refractivity (Wildman–Crippen MR) is 71.5 cm³/mol. The fourth-order valence-electron chi connectivity index (χ4n) is 2.12. The van der Waals surface area contributed by atoms with Crippen molar-refractivity contribution >= 4 is 28.5 Å². The van der Waals surface area contributed by atoms with Crippen molar-refractivity contribution in [3.63, 3.8) is 0 Å². The summed E-state index contributed by atoms with van der Waals surface area (Å²) < 4.78 is 18.2. The molecule has 0 amide bonds. The van der Waals surface area contributed by atoms with Crippen LogP contribution in [0.15, 0.2) is 0 Å². The van der Waals surface area contributed by atoms with Gasteiger partial charge in [0.2, 0.25) is 1.43 Å². The number of halogens is 1. The molecular formula is C10H20IO3PV. The van der Waals surface area contributed by atoms with Crippen LogP contribution in [0.25, 0.3) is 0 Å². The minimum absolute atomic E-state index is 0. The first-order chi connectivity index (χ1) is 7.61. The van der Waals surface area contributed by atoms with Crippen molar-refractivity contribution in [2.45, 2.75) is 33.0 Å². The zero-order valence-corrected chi connectivity index (χ0v) is 14.4. The molecule has 2 unspecified atom stereocenters. The molecule has 6 atom stereocenters. The topological polar surface area (TPSA) is 38.7 Å². The number of aliphatic hydroxyl groups is 1. The van der Waals surface area contributed by atoms with Crippen molar-refractivity contribution < 1.29 is 32.9 Å². The van der Waals surface area contributed by atoms with E-state index in [4.69, 9.17) is 10.7 Å². The summed E-state index contributed by atoms with van der Waals surface area (Å²) in [6.45, 7) is 8.09. The molecule has 0 bridgehead atoms. The van der Waals surface area contributed by atoms with Gasteiger partial charge in [-0.2, -0.15) is 0 Å². The minimum Gasteiger partial charge on any atom is -0.394 e. The first-order valence-corrected chi connectivity index (χ1v) is 9.35. The maximum Gasteiger partial charge on any atom is 0.210 e. The zero-order valence-electron chi connectivity index (χ0n) is 10.9. The molecule has 1 heterocycles. The first kappa shape index (κ1) is 15.7. The molecule has 1 N–H and O–H groups in total. The van der Waals surface area contributed by atoms with Gasteiger partial charge in [-0.25, -0.2) is 0 Å². The summed E-state index contributed by atoms with van der Waals surface area (Å²) in [7, 11) is 0. The molecule has 1 aliphatic rings. The Bertz CT molecular complexity index is 214. The molecule has 0 aromatic carbocycles. The molecule has 95 valence electrons. The van der Waals surface area contributed by atoms with E-state index in [0.29, 0.717) is 37.4 Å². The van der Waals surface area contributed by atoms with E-state index >= 15 is 0 Å². The monoisotopic (exact) mass is 398 g/mol. The van der Waals surface area contributed by atoms with Crippen molar-refractivity contribution in [3.8, 4) is 0 Å². The van der Waals surface area contributed by atoms with Crippen molar-refractivity contribution in [1.29, 1.82) is 1.43 Å². The molecule has 16 heavy (non-hydrogen) atoms. The standard InChI is InChI=1S/C10H20IO3P.V/c1-6-7(2)9(4-12)14-10(8(6)3)5-13-15-11;/h6-10,12,15H,4-5H2,1-3H3;/t6-,7-,8-,9?,10-;/m1./s1/i12D;. The van der Waals surface area contributed by atoms with Crippen LogP contribution >= 0.6 is 28.5 Å². The van der Waals surface area contributed by atoms with Gasteiger partial charge in [-0.3, -0.25) is 0 Å². The van der Waals surface area contributed by atoms with Crippen LogP contribution in [0.4, 0.5) is 0 Å². The van der Waals surface area contributed by atoms with E-state index in [2.05, 4.69) is 47.9 Å². The molecule has 3 nitrogen and oxygen atoms in total. The van der Waals surface area contributed by atoms with Gasteiger partial charge < -0.3 is 14.4 Å². The Morgan fingerprint density at radius 3 is 2.50 bits per heavy atom. The first-order valence-electron chi connectivity index (χ1n) is 5.73. The van der Waals surface area contributed by atoms with Gasteiger partial charge in [0.15, 0.2) is 0 Å². The summed E-state index contributed by atoms with van der Waals surface area (Å²) in [5, 5.41) is 4.47. The van der Waals surface area contributed by atoms with Crippen molar-refractivity contribution in [3.05, 3.63) is 0 Å². The van der Waals surface area contributed by atoms with E-state index in [-0.39, 0.29) is 30.8 Å². The van der Waals surface area contributed by atoms with Gasteiger partial charge in [0.25, 0.3) is 0 Å². The van der Waals surface area contributed by atoms with Crippen molar-refractivity contribution in [2.75, 3.05) is 13.2 Å². The van der Waals surface area contributed by atoms with Crippen LogP contribution in [0.5, 0.6) is 0 Å². The van der Waals surface area contributed by atoms with Gasteiger partial charge in [0.1, 0.15) is 0 Å². The van der Waals surface area contributed by atoms with Crippen LogP contribution in [0.2, 0.25) is 0 Å². The third-order valence-corrected chi connectivity index (χ3v) is 4.86. The Kier molecular flexibility index (Phi) is 8.51. The van der Waals surface area contributed by atoms with E-state index in [1.54, 1.807) is 0 Å². The normalized spacial score (nSPS) is 40.8. The number of ether oxygens (including phenoxy) is 1. The van der Waals surface area contributed by atoms with Crippen LogP contribution < -0.4 is 0 Å². The predicted octanol–water partition coefficient (Wildman–Crippen LogP) is 2.61. The molecule has 1 saturated heterocycles. The zero-order chi connectivity index (χ0) is 12.1. The fraction of sp³-hybridized carbons (Fsp3) is 1.00. The molecule has 0 spiro atoms. The molecule has 0 saturated carbocycles. The average Bonchev–Trinajstić information content (AvgIpc) is 2.28. The van der Waals surface area contributed by atoms with Gasteiger partial charge in [-0.05, 0) is 39.8 Å². The summed E-state index contributed by atoms with van der Waals surface area (Å²) in [5.41, 5.74) is 0. The SMILES string of the molecule is [2H]OCC1O[C@H](COPI)[C@H](C)[C@H](C)[C@H]1C.[V]. The summed E-state index contributed by atoms with van der Waals surface area (Å²) in [4.78, 5) is 0. The summed E-state index contributed by atoms with van der Waals surface area (Å²) in [5.74, 6) is 1.49. The van der Waals surface area contributed by atoms with Crippen LogP contribution in [0.3, 0.4) is 0 Å². The Labute approximate surface area is 126 Å². The third kappa shape index (κ3) is 4.38. The molecule has 0 aliphatic carbocycles. The van der Waals surface area contributed by atoms with E-state index < -0.39 is 0 Å². The number of aliphatic hydroxyl groups excluding tert-OH is 1. The Morgan fingerprint density at radius 1 is 1.31 bits per heavy atom. The van der Waals surface area contributed by atoms with E-state index in [9.17, 15) is 0 Å². The van der Waals surface area contributed by atoms with Crippen LogP contribution in [0, 0.1) is 17.8 Å². The quantitative estimate of drug-likeness (QED) is 0.572. The maximum atomic E-state index is 6.84. The Balaban J connectivity index is 0.00000256. The van der Waals surface area contributed by atoms with Gasteiger partial charge in [-0.1, -0.05) is 20.8 Å². The van der Waals surface area contributed by atoms with E-state index in [0.717, 1.165) is 0 Å².